The highest BCUT2D eigenvalue weighted by Crippen LogP contribution is 2.29. The van der Waals surface area contributed by atoms with E-state index in [1.807, 2.05) is 0 Å². The molecule has 30 heavy (non-hydrogen) atoms. The molecule has 2 saturated heterocycles. The molecule has 0 bridgehead atoms. The van der Waals surface area contributed by atoms with Crippen molar-refractivity contribution in [2.45, 2.75) is 24.7 Å². The maximum Gasteiger partial charge on any atom is 0.416 e. The van der Waals surface area contributed by atoms with Crippen LogP contribution in [0.4, 0.5) is 13.2 Å². The first-order chi connectivity index (χ1) is 14.2. The number of fused-ring (bicyclic) bond motifs is 1. The number of nitrogens with zero attached hydrogens (tertiary/aromatic N) is 3. The lowest BCUT2D eigenvalue weighted by atomic mass is 10.0. The molecule has 0 unspecified atom stereocenters. The summed E-state index contributed by atoms with van der Waals surface area (Å²) in [6, 6.07) is 2.38. The Hall–Kier alpha value is -3.37. The molecule has 3 amide bonds. The quantitative estimate of drug-likeness (QED) is 0.767. The lowest BCUT2D eigenvalue weighted by Crippen LogP contribution is -2.70. The van der Waals surface area contributed by atoms with Crippen LogP contribution in [0.1, 0.15) is 21.6 Å². The predicted molar refractivity (Wildman–Crippen MR) is 97.1 cm³/mol. The number of hydrogen-bond donors (Lipinski definition) is 2. The van der Waals surface area contributed by atoms with Crippen LogP contribution >= 0.6 is 0 Å². The van der Waals surface area contributed by atoms with Gasteiger partial charge >= 0.3 is 6.18 Å². The average Bonchev–Trinajstić information content (AvgIpc) is 3.23. The van der Waals surface area contributed by atoms with E-state index in [0.29, 0.717) is 5.69 Å². The van der Waals surface area contributed by atoms with Gasteiger partial charge in [0.25, 0.3) is 5.91 Å². The van der Waals surface area contributed by atoms with Crippen LogP contribution in [0.3, 0.4) is 0 Å². The van der Waals surface area contributed by atoms with Crippen LogP contribution in [-0.2, 0) is 22.2 Å². The van der Waals surface area contributed by atoms with E-state index in [1.165, 1.54) is 16.1 Å². The van der Waals surface area contributed by atoms with Crippen LogP contribution in [0, 0.1) is 0 Å². The van der Waals surface area contributed by atoms with E-state index in [1.54, 1.807) is 6.20 Å². The SMILES string of the molecule is O=C1N[C@H](Cc2cnc[nH]2)C(=O)N2CCN(C(=O)c3ccc(C(F)(F)F)cc3)C[C@@H]12. The topological polar surface area (TPSA) is 98.4 Å². The van der Waals surface area contributed by atoms with Crippen molar-refractivity contribution in [2.75, 3.05) is 19.6 Å². The molecule has 0 spiro atoms. The summed E-state index contributed by atoms with van der Waals surface area (Å²) < 4.78 is 38.1. The largest absolute Gasteiger partial charge is 0.416 e. The second-order valence-corrected chi connectivity index (χ2v) is 7.22. The van der Waals surface area contributed by atoms with Crippen LogP contribution in [0.25, 0.3) is 0 Å². The number of nitrogens with one attached hydrogen (secondary N) is 2. The molecular weight excluding hydrogens is 403 g/mol. The Morgan fingerprint density at radius 3 is 2.53 bits per heavy atom. The van der Waals surface area contributed by atoms with Gasteiger partial charge in [-0.2, -0.15) is 13.2 Å². The monoisotopic (exact) mass is 421 g/mol. The molecule has 2 fully saturated rings. The van der Waals surface area contributed by atoms with Crippen LogP contribution < -0.4 is 5.32 Å². The Labute approximate surface area is 169 Å². The van der Waals surface area contributed by atoms with Crippen molar-refractivity contribution in [3.63, 3.8) is 0 Å². The first-order valence-electron chi connectivity index (χ1n) is 9.28. The Bertz CT molecular complexity index is 959. The zero-order valence-electron chi connectivity index (χ0n) is 15.6. The van der Waals surface area contributed by atoms with Crippen molar-refractivity contribution >= 4 is 17.7 Å². The molecule has 0 saturated carbocycles. The fraction of sp³-hybridized carbons (Fsp3) is 0.368. The van der Waals surface area contributed by atoms with Gasteiger partial charge in [0.05, 0.1) is 18.4 Å². The molecule has 2 N–H and O–H groups in total. The molecule has 8 nitrogen and oxygen atoms in total. The number of rotatable bonds is 3. The van der Waals surface area contributed by atoms with Crippen molar-refractivity contribution in [3.8, 4) is 0 Å². The van der Waals surface area contributed by atoms with Gasteiger partial charge in [0.1, 0.15) is 12.1 Å². The van der Waals surface area contributed by atoms with E-state index in [4.69, 9.17) is 0 Å². The Kier molecular flexibility index (Phi) is 4.96. The van der Waals surface area contributed by atoms with Crippen molar-refractivity contribution in [1.29, 1.82) is 0 Å². The summed E-state index contributed by atoms with van der Waals surface area (Å²) in [7, 11) is 0. The number of aromatic nitrogens is 2. The third-order valence-corrected chi connectivity index (χ3v) is 5.31. The van der Waals surface area contributed by atoms with Gasteiger partial charge in [-0.15, -0.1) is 0 Å². The Morgan fingerprint density at radius 2 is 1.90 bits per heavy atom. The van der Waals surface area contributed by atoms with Gasteiger partial charge in [-0.05, 0) is 24.3 Å². The minimum Gasteiger partial charge on any atom is -0.348 e. The van der Waals surface area contributed by atoms with Crippen molar-refractivity contribution in [2.24, 2.45) is 0 Å². The summed E-state index contributed by atoms with van der Waals surface area (Å²) >= 11 is 0. The molecule has 158 valence electrons. The number of amides is 3. The van der Waals surface area contributed by atoms with E-state index >= 15 is 0 Å². The third kappa shape index (κ3) is 3.74. The number of imidazole rings is 1. The number of alkyl halides is 3. The molecule has 0 aliphatic carbocycles. The molecule has 4 rings (SSSR count). The zero-order chi connectivity index (χ0) is 21.5. The minimum atomic E-state index is -4.49. The first kappa shape index (κ1) is 19.9. The number of piperazine rings is 2. The molecular formula is C19H18F3N5O3. The number of halogens is 3. The van der Waals surface area contributed by atoms with Crippen LogP contribution in [0.15, 0.2) is 36.8 Å². The maximum atomic E-state index is 12.8. The zero-order valence-corrected chi connectivity index (χ0v) is 15.6. The molecule has 2 aromatic rings. The van der Waals surface area contributed by atoms with E-state index < -0.39 is 29.7 Å². The second kappa shape index (κ2) is 7.47. The second-order valence-electron chi connectivity index (χ2n) is 7.22. The van der Waals surface area contributed by atoms with E-state index in [9.17, 15) is 27.6 Å². The van der Waals surface area contributed by atoms with E-state index in [-0.39, 0.29) is 43.4 Å². The fourth-order valence-corrected chi connectivity index (χ4v) is 3.72. The van der Waals surface area contributed by atoms with Crippen LogP contribution in [0.2, 0.25) is 0 Å². The summed E-state index contributed by atoms with van der Waals surface area (Å²) in [5.74, 6) is -1.09. The molecule has 2 aliphatic heterocycles. The normalized spacial score (nSPS) is 22.0. The maximum absolute atomic E-state index is 12.8. The highest BCUT2D eigenvalue weighted by molar-refractivity contribution is 5.99. The number of benzene rings is 1. The summed E-state index contributed by atoms with van der Waals surface area (Å²) in [4.78, 5) is 47.7. The Balaban J connectivity index is 1.44. The molecule has 1 aromatic heterocycles. The third-order valence-electron chi connectivity index (χ3n) is 5.31. The molecule has 2 atom stereocenters. The highest BCUT2D eigenvalue weighted by atomic mass is 19.4. The number of carbonyl (C=O) groups excluding carboxylic acids is 3. The van der Waals surface area contributed by atoms with E-state index in [0.717, 1.165) is 24.3 Å². The summed E-state index contributed by atoms with van der Waals surface area (Å²) in [6.45, 7) is 0.336. The smallest absolute Gasteiger partial charge is 0.348 e. The highest BCUT2D eigenvalue weighted by Gasteiger charge is 2.44. The summed E-state index contributed by atoms with van der Waals surface area (Å²) in [6.07, 6.45) is -1.15. The number of H-pyrrole nitrogens is 1. The average molecular weight is 421 g/mol. The minimum absolute atomic E-state index is 0.0196. The summed E-state index contributed by atoms with van der Waals surface area (Å²) in [5, 5.41) is 2.69. The van der Waals surface area contributed by atoms with Gasteiger partial charge in [0.2, 0.25) is 11.8 Å². The Morgan fingerprint density at radius 1 is 1.17 bits per heavy atom. The molecule has 3 heterocycles. The van der Waals surface area contributed by atoms with Crippen LogP contribution in [0.5, 0.6) is 0 Å². The van der Waals surface area contributed by atoms with Gasteiger partial charge in [-0.3, -0.25) is 14.4 Å². The van der Waals surface area contributed by atoms with Gasteiger partial charge in [-0.1, -0.05) is 0 Å². The number of aromatic amines is 1. The molecule has 2 aliphatic rings. The number of hydrogen-bond acceptors (Lipinski definition) is 4. The van der Waals surface area contributed by atoms with Gasteiger partial charge in [0.15, 0.2) is 0 Å². The molecule has 1 aromatic carbocycles. The van der Waals surface area contributed by atoms with Crippen molar-refractivity contribution in [3.05, 3.63) is 53.6 Å². The predicted octanol–water partition coefficient (Wildman–Crippen LogP) is 0.823. The molecule has 0 radical (unpaired) electrons. The van der Waals surface area contributed by atoms with Crippen molar-refractivity contribution < 1.29 is 27.6 Å². The standard InChI is InChI=1S/C19H18F3N5O3/c20-19(21,22)12-3-1-11(2-4-12)17(29)26-5-6-27-15(9-26)16(28)25-14(18(27)30)7-13-8-23-10-24-13/h1-4,8,10,14-15H,5-7,9H2,(H,23,24)(H,25,28)/t14-,15+/m1/s1. The summed E-state index contributed by atoms with van der Waals surface area (Å²) in [5.41, 5.74) is -0.0382. The fourth-order valence-electron chi connectivity index (χ4n) is 3.72. The number of carbonyl (C=O) groups is 3. The van der Waals surface area contributed by atoms with Crippen molar-refractivity contribution in [1.82, 2.24) is 25.1 Å². The van der Waals surface area contributed by atoms with Gasteiger partial charge < -0.3 is 20.1 Å². The van der Waals surface area contributed by atoms with Gasteiger partial charge in [-0.25, -0.2) is 4.98 Å². The molecule has 11 heteroatoms. The van der Waals surface area contributed by atoms with E-state index in [2.05, 4.69) is 15.3 Å². The van der Waals surface area contributed by atoms with Gasteiger partial charge in [0, 0.05) is 37.0 Å². The first-order valence-corrected chi connectivity index (χ1v) is 9.28. The van der Waals surface area contributed by atoms with Crippen LogP contribution in [-0.4, -0.2) is 69.2 Å². The lowest BCUT2D eigenvalue weighted by Gasteiger charge is -2.45. The lowest BCUT2D eigenvalue weighted by molar-refractivity contribution is -0.152.